The van der Waals surface area contributed by atoms with Crippen LogP contribution in [0.4, 0.5) is 0 Å². The first-order chi connectivity index (χ1) is 12.9. The quantitative estimate of drug-likeness (QED) is 0.490. The molecule has 0 N–H and O–H groups in total. The molecule has 0 amide bonds. The summed E-state index contributed by atoms with van der Waals surface area (Å²) in [6, 6.07) is 0. The Hall–Kier alpha value is -0.330. The lowest BCUT2D eigenvalue weighted by Crippen LogP contribution is -2.52. The van der Waals surface area contributed by atoms with Crippen molar-refractivity contribution in [2.24, 2.45) is 40.4 Å². The lowest BCUT2D eigenvalue weighted by molar-refractivity contribution is -0.117. The molecule has 0 aromatic heterocycles. The summed E-state index contributed by atoms with van der Waals surface area (Å²) >= 11 is 0. The molecular formula is C26H46O. The van der Waals surface area contributed by atoms with Crippen molar-refractivity contribution in [3.05, 3.63) is 0 Å². The zero-order valence-electron chi connectivity index (χ0n) is 19.0. The molecular weight excluding hydrogens is 328 g/mol. The highest BCUT2D eigenvalue weighted by Crippen LogP contribution is 2.67. The molecule has 0 aromatic rings. The van der Waals surface area contributed by atoms with E-state index in [4.69, 9.17) is 0 Å². The first kappa shape index (κ1) is 21.4. The van der Waals surface area contributed by atoms with E-state index in [1.54, 1.807) is 6.92 Å². The lowest BCUT2D eigenvalue weighted by Gasteiger charge is -2.60. The van der Waals surface area contributed by atoms with Gasteiger partial charge in [-0.3, -0.25) is 0 Å². The summed E-state index contributed by atoms with van der Waals surface area (Å²) in [5.41, 5.74) is 1.27. The average molecular weight is 375 g/mol. The van der Waals surface area contributed by atoms with E-state index in [-0.39, 0.29) is 0 Å². The minimum Gasteiger partial charge on any atom is -0.300 e. The molecule has 1 nitrogen and oxygen atoms in total. The van der Waals surface area contributed by atoms with Gasteiger partial charge in [0.15, 0.2) is 0 Å². The van der Waals surface area contributed by atoms with Gasteiger partial charge in [0.2, 0.25) is 0 Å². The third-order valence-electron chi connectivity index (χ3n) is 9.86. The zero-order valence-corrected chi connectivity index (χ0v) is 19.0. The van der Waals surface area contributed by atoms with Crippen molar-refractivity contribution in [3.8, 4) is 0 Å². The van der Waals surface area contributed by atoms with Gasteiger partial charge in [0, 0.05) is 6.42 Å². The maximum absolute atomic E-state index is 11.3. The van der Waals surface area contributed by atoms with Crippen molar-refractivity contribution in [3.63, 3.8) is 0 Å². The number of rotatable bonds is 4. The molecule has 0 saturated heterocycles. The predicted octanol–water partition coefficient (Wildman–Crippen LogP) is 7.82. The third-order valence-corrected chi connectivity index (χ3v) is 9.86. The van der Waals surface area contributed by atoms with Crippen LogP contribution in [-0.4, -0.2) is 5.78 Å². The normalized spacial score (nSPS) is 45.7. The first-order valence-electron chi connectivity index (χ1n) is 12.4. The molecule has 0 radical (unpaired) electrons. The Kier molecular flexibility index (Phi) is 6.79. The van der Waals surface area contributed by atoms with Gasteiger partial charge in [0.05, 0.1) is 0 Å². The summed E-state index contributed by atoms with van der Waals surface area (Å²) in [6.07, 6.45) is 18.3. The Bertz CT molecular complexity index is 510. The number of ketones is 1. The molecule has 4 saturated carbocycles. The standard InChI is InChI=1S/C24H40O.C2H6/c1-17(25)7-6-9-19-11-13-21-20-12-10-18-8-4-5-15-23(18,2)22(20)14-16-24(19,21)3;1-2/h18-22H,4-16H2,1-3H3;1-2H3. The second-order valence-corrected chi connectivity index (χ2v) is 10.8. The van der Waals surface area contributed by atoms with E-state index < -0.39 is 0 Å². The van der Waals surface area contributed by atoms with E-state index in [1.807, 2.05) is 13.8 Å². The van der Waals surface area contributed by atoms with Crippen LogP contribution in [0.25, 0.3) is 0 Å². The van der Waals surface area contributed by atoms with Gasteiger partial charge in [-0.15, -0.1) is 0 Å². The third kappa shape index (κ3) is 3.78. The molecule has 0 spiro atoms. The fourth-order valence-corrected chi connectivity index (χ4v) is 8.48. The molecule has 0 aromatic carbocycles. The van der Waals surface area contributed by atoms with Crippen LogP contribution < -0.4 is 0 Å². The van der Waals surface area contributed by atoms with Crippen molar-refractivity contribution >= 4 is 5.78 Å². The van der Waals surface area contributed by atoms with E-state index in [0.29, 0.717) is 16.6 Å². The minimum absolute atomic E-state index is 0.381. The van der Waals surface area contributed by atoms with E-state index in [2.05, 4.69) is 13.8 Å². The molecule has 4 fully saturated rings. The number of hydrogen-bond acceptors (Lipinski definition) is 1. The second kappa shape index (κ2) is 8.58. The molecule has 0 bridgehead atoms. The minimum atomic E-state index is 0.381. The Balaban J connectivity index is 0.00000102. The molecule has 4 aliphatic carbocycles. The van der Waals surface area contributed by atoms with Gasteiger partial charge in [-0.2, -0.15) is 0 Å². The molecule has 4 aliphatic rings. The highest BCUT2D eigenvalue weighted by atomic mass is 16.1. The van der Waals surface area contributed by atoms with Crippen LogP contribution in [0.5, 0.6) is 0 Å². The van der Waals surface area contributed by atoms with E-state index in [1.165, 1.54) is 70.6 Å². The van der Waals surface area contributed by atoms with Crippen LogP contribution in [-0.2, 0) is 4.79 Å². The van der Waals surface area contributed by atoms with Crippen molar-refractivity contribution < 1.29 is 4.79 Å². The average Bonchev–Trinajstić information content (AvgIpc) is 2.99. The highest BCUT2D eigenvalue weighted by molar-refractivity contribution is 5.75. The van der Waals surface area contributed by atoms with Crippen LogP contribution >= 0.6 is 0 Å². The van der Waals surface area contributed by atoms with Gasteiger partial charge >= 0.3 is 0 Å². The number of Topliss-reactive ketones (excluding diaryl/α,β-unsaturated/α-hetero) is 1. The first-order valence-corrected chi connectivity index (χ1v) is 12.4. The summed E-state index contributed by atoms with van der Waals surface area (Å²) in [4.78, 5) is 11.3. The maximum Gasteiger partial charge on any atom is 0.129 e. The largest absolute Gasteiger partial charge is 0.300 e. The fraction of sp³-hybridized carbons (Fsp3) is 0.962. The summed E-state index contributed by atoms with van der Waals surface area (Å²) in [5.74, 6) is 5.37. The van der Waals surface area contributed by atoms with Gasteiger partial charge < -0.3 is 4.79 Å². The summed E-state index contributed by atoms with van der Waals surface area (Å²) in [6.45, 7) is 11.1. The smallest absolute Gasteiger partial charge is 0.129 e. The highest BCUT2D eigenvalue weighted by Gasteiger charge is 2.59. The van der Waals surface area contributed by atoms with Crippen LogP contribution in [0.2, 0.25) is 0 Å². The lowest BCUT2D eigenvalue weighted by atomic mass is 9.45. The number of fused-ring (bicyclic) bond motifs is 5. The molecule has 0 aliphatic heterocycles. The van der Waals surface area contributed by atoms with E-state index in [0.717, 1.165) is 42.4 Å². The van der Waals surface area contributed by atoms with Crippen LogP contribution in [0.1, 0.15) is 118 Å². The maximum atomic E-state index is 11.3. The summed E-state index contributed by atoms with van der Waals surface area (Å²) in [7, 11) is 0. The van der Waals surface area contributed by atoms with E-state index in [9.17, 15) is 4.79 Å². The Morgan fingerprint density at radius 2 is 1.59 bits per heavy atom. The van der Waals surface area contributed by atoms with Gasteiger partial charge in [0.25, 0.3) is 0 Å². The van der Waals surface area contributed by atoms with Crippen molar-refractivity contribution in [1.82, 2.24) is 0 Å². The van der Waals surface area contributed by atoms with Crippen molar-refractivity contribution in [1.29, 1.82) is 0 Å². The Morgan fingerprint density at radius 3 is 2.33 bits per heavy atom. The number of carbonyl (C=O) groups excluding carboxylic acids is 1. The predicted molar refractivity (Wildman–Crippen MR) is 116 cm³/mol. The number of hydrogen-bond donors (Lipinski definition) is 0. The summed E-state index contributed by atoms with van der Waals surface area (Å²) < 4.78 is 0. The van der Waals surface area contributed by atoms with Gasteiger partial charge in [-0.05, 0) is 112 Å². The summed E-state index contributed by atoms with van der Waals surface area (Å²) in [5, 5.41) is 0. The van der Waals surface area contributed by atoms with Crippen LogP contribution in [0, 0.1) is 40.4 Å². The monoisotopic (exact) mass is 374 g/mol. The van der Waals surface area contributed by atoms with E-state index >= 15 is 0 Å². The van der Waals surface area contributed by atoms with Crippen molar-refractivity contribution in [2.75, 3.05) is 0 Å². The van der Waals surface area contributed by atoms with Crippen LogP contribution in [0.15, 0.2) is 0 Å². The molecule has 1 heteroatoms. The van der Waals surface area contributed by atoms with Gasteiger partial charge in [0.1, 0.15) is 5.78 Å². The SMILES string of the molecule is CC.CC(=O)CCCC1CCC2C3CCC4CCCCC4(C)C3CCC12C. The molecule has 27 heavy (non-hydrogen) atoms. The zero-order chi connectivity index (χ0) is 19.7. The second-order valence-electron chi connectivity index (χ2n) is 10.8. The molecule has 7 atom stereocenters. The Labute approximate surface area is 169 Å². The van der Waals surface area contributed by atoms with Gasteiger partial charge in [-0.25, -0.2) is 0 Å². The molecule has 0 heterocycles. The Morgan fingerprint density at radius 1 is 0.852 bits per heavy atom. The van der Waals surface area contributed by atoms with Crippen molar-refractivity contribution in [2.45, 2.75) is 118 Å². The topological polar surface area (TPSA) is 17.1 Å². The fourth-order valence-electron chi connectivity index (χ4n) is 8.48. The molecule has 4 rings (SSSR count). The van der Waals surface area contributed by atoms with Gasteiger partial charge in [-0.1, -0.05) is 40.5 Å². The molecule has 7 unspecified atom stereocenters. The number of carbonyl (C=O) groups is 1. The molecule has 156 valence electrons. The van der Waals surface area contributed by atoms with Crippen LogP contribution in [0.3, 0.4) is 0 Å².